The van der Waals surface area contributed by atoms with Crippen molar-refractivity contribution < 1.29 is 9.53 Å². The van der Waals surface area contributed by atoms with Crippen molar-refractivity contribution in [1.82, 2.24) is 10.2 Å². The van der Waals surface area contributed by atoms with Crippen LogP contribution >= 0.6 is 0 Å². The molecule has 0 bridgehead atoms. The third kappa shape index (κ3) is 5.50. The van der Waals surface area contributed by atoms with Gasteiger partial charge >= 0.3 is 0 Å². The molecule has 0 saturated carbocycles. The molecule has 0 unspecified atom stereocenters. The van der Waals surface area contributed by atoms with Crippen molar-refractivity contribution in [1.29, 1.82) is 0 Å². The van der Waals surface area contributed by atoms with Crippen molar-refractivity contribution in [3.8, 4) is 0 Å². The van der Waals surface area contributed by atoms with Gasteiger partial charge in [0.05, 0.1) is 0 Å². The fraction of sp³-hybridized carbons (Fsp3) is 0.923. The molecule has 1 heterocycles. The molecule has 0 aromatic heterocycles. The molecule has 1 aliphatic rings. The Balaban J connectivity index is 2.08. The third-order valence-electron chi connectivity index (χ3n) is 3.37. The highest BCUT2D eigenvalue weighted by Crippen LogP contribution is 2.10. The molecule has 0 aromatic carbocycles. The van der Waals surface area contributed by atoms with Crippen LogP contribution in [-0.2, 0) is 9.53 Å². The highest BCUT2D eigenvalue weighted by atomic mass is 16.5. The molecular formula is C13H26N2O2. The lowest BCUT2D eigenvalue weighted by Gasteiger charge is -2.31. The Labute approximate surface area is 105 Å². The summed E-state index contributed by atoms with van der Waals surface area (Å²) in [5, 5.41) is 3.26. The molecule has 1 saturated heterocycles. The van der Waals surface area contributed by atoms with Gasteiger partial charge in [0.25, 0.3) is 0 Å². The summed E-state index contributed by atoms with van der Waals surface area (Å²) in [5.74, 6) is 0.149. The maximum absolute atomic E-state index is 11.8. The molecular weight excluding hydrogens is 216 g/mol. The van der Waals surface area contributed by atoms with Gasteiger partial charge in [-0.15, -0.1) is 0 Å². The zero-order valence-corrected chi connectivity index (χ0v) is 11.2. The zero-order chi connectivity index (χ0) is 12.5. The number of likely N-dealkylation sites (tertiary alicyclic amines) is 1. The summed E-state index contributed by atoms with van der Waals surface area (Å²) in [6.07, 6.45) is 5.54. The van der Waals surface area contributed by atoms with Crippen LogP contribution in [0, 0.1) is 0 Å². The number of hydrogen-bond acceptors (Lipinski definition) is 3. The molecule has 1 fully saturated rings. The SMILES string of the molecule is CCCCCOCC(=O)N1CCC(NC)CC1. The lowest BCUT2D eigenvalue weighted by molar-refractivity contribution is -0.137. The van der Waals surface area contributed by atoms with Gasteiger partial charge in [-0.3, -0.25) is 4.79 Å². The third-order valence-corrected chi connectivity index (χ3v) is 3.37. The number of carbonyl (C=O) groups excluding carboxylic acids is 1. The van der Waals surface area contributed by atoms with E-state index in [-0.39, 0.29) is 12.5 Å². The first kappa shape index (κ1) is 14.5. The normalized spacial score (nSPS) is 17.4. The Bertz CT molecular complexity index is 213. The molecule has 100 valence electrons. The molecule has 4 heteroatoms. The number of nitrogens with one attached hydrogen (secondary N) is 1. The number of carbonyl (C=O) groups is 1. The Morgan fingerprint density at radius 2 is 2.06 bits per heavy atom. The summed E-state index contributed by atoms with van der Waals surface area (Å²) in [5.41, 5.74) is 0. The van der Waals surface area contributed by atoms with E-state index in [0.717, 1.165) is 32.4 Å². The first-order valence-electron chi connectivity index (χ1n) is 6.80. The first-order chi connectivity index (χ1) is 8.27. The number of piperidine rings is 1. The summed E-state index contributed by atoms with van der Waals surface area (Å²) in [4.78, 5) is 13.7. The van der Waals surface area contributed by atoms with Crippen LogP contribution in [0.25, 0.3) is 0 Å². The van der Waals surface area contributed by atoms with Crippen LogP contribution in [0.3, 0.4) is 0 Å². The highest BCUT2D eigenvalue weighted by molar-refractivity contribution is 5.77. The number of hydrogen-bond donors (Lipinski definition) is 1. The van der Waals surface area contributed by atoms with Crippen LogP contribution in [0.5, 0.6) is 0 Å². The quantitative estimate of drug-likeness (QED) is 0.686. The number of nitrogens with zero attached hydrogens (tertiary/aromatic N) is 1. The van der Waals surface area contributed by atoms with Gasteiger partial charge in [0.15, 0.2) is 0 Å². The predicted molar refractivity (Wildman–Crippen MR) is 69.0 cm³/mol. The molecule has 4 nitrogen and oxygen atoms in total. The largest absolute Gasteiger partial charge is 0.372 e. The minimum Gasteiger partial charge on any atom is -0.372 e. The Morgan fingerprint density at radius 3 is 2.65 bits per heavy atom. The van der Waals surface area contributed by atoms with Gasteiger partial charge in [0.1, 0.15) is 6.61 Å². The molecule has 1 rings (SSSR count). The van der Waals surface area contributed by atoms with Crippen molar-refractivity contribution in [2.75, 3.05) is 33.4 Å². The van der Waals surface area contributed by atoms with E-state index in [1.54, 1.807) is 0 Å². The van der Waals surface area contributed by atoms with E-state index >= 15 is 0 Å². The number of unbranched alkanes of at least 4 members (excludes halogenated alkanes) is 2. The van der Waals surface area contributed by atoms with Crippen LogP contribution in [0.15, 0.2) is 0 Å². The molecule has 0 aromatic rings. The fourth-order valence-corrected chi connectivity index (χ4v) is 2.12. The van der Waals surface area contributed by atoms with Crippen molar-refractivity contribution in [2.24, 2.45) is 0 Å². The van der Waals surface area contributed by atoms with Crippen LogP contribution in [0.2, 0.25) is 0 Å². The monoisotopic (exact) mass is 242 g/mol. The van der Waals surface area contributed by atoms with Crippen LogP contribution in [-0.4, -0.2) is 50.2 Å². The Morgan fingerprint density at radius 1 is 1.35 bits per heavy atom. The molecule has 17 heavy (non-hydrogen) atoms. The van der Waals surface area contributed by atoms with E-state index in [1.165, 1.54) is 12.8 Å². The average molecular weight is 242 g/mol. The second-order valence-electron chi connectivity index (χ2n) is 4.70. The summed E-state index contributed by atoms with van der Waals surface area (Å²) in [7, 11) is 1.99. The summed E-state index contributed by atoms with van der Waals surface area (Å²) in [6.45, 7) is 4.86. The van der Waals surface area contributed by atoms with Gasteiger partial charge in [0.2, 0.25) is 5.91 Å². The maximum Gasteiger partial charge on any atom is 0.248 e. The summed E-state index contributed by atoms with van der Waals surface area (Å²) in [6, 6.07) is 0.574. The van der Waals surface area contributed by atoms with Crippen molar-refractivity contribution in [2.45, 2.75) is 45.1 Å². The molecule has 0 radical (unpaired) electrons. The number of ether oxygens (including phenoxy) is 1. The van der Waals surface area contributed by atoms with E-state index in [2.05, 4.69) is 12.2 Å². The van der Waals surface area contributed by atoms with Gasteiger partial charge in [0, 0.05) is 25.7 Å². The van der Waals surface area contributed by atoms with E-state index in [1.807, 2.05) is 11.9 Å². The number of rotatable bonds is 7. The van der Waals surface area contributed by atoms with Gasteiger partial charge in [-0.25, -0.2) is 0 Å². The van der Waals surface area contributed by atoms with Gasteiger partial charge in [-0.2, -0.15) is 0 Å². The molecule has 1 amide bonds. The number of amides is 1. The highest BCUT2D eigenvalue weighted by Gasteiger charge is 2.21. The molecule has 0 spiro atoms. The lowest BCUT2D eigenvalue weighted by Crippen LogP contribution is -2.45. The zero-order valence-electron chi connectivity index (χ0n) is 11.2. The van der Waals surface area contributed by atoms with Gasteiger partial charge in [-0.1, -0.05) is 19.8 Å². The summed E-state index contributed by atoms with van der Waals surface area (Å²) < 4.78 is 5.40. The maximum atomic E-state index is 11.8. The molecule has 0 aliphatic carbocycles. The topological polar surface area (TPSA) is 41.6 Å². The van der Waals surface area contributed by atoms with Crippen LogP contribution in [0.4, 0.5) is 0 Å². The Kier molecular flexibility index (Phi) is 7.21. The average Bonchev–Trinajstić information content (AvgIpc) is 2.38. The van der Waals surface area contributed by atoms with Crippen LogP contribution < -0.4 is 5.32 Å². The van der Waals surface area contributed by atoms with Gasteiger partial charge in [-0.05, 0) is 26.3 Å². The van der Waals surface area contributed by atoms with E-state index in [0.29, 0.717) is 12.6 Å². The van der Waals surface area contributed by atoms with Crippen LogP contribution in [0.1, 0.15) is 39.0 Å². The minimum absolute atomic E-state index is 0.149. The van der Waals surface area contributed by atoms with E-state index < -0.39 is 0 Å². The van der Waals surface area contributed by atoms with Gasteiger partial charge < -0.3 is 15.0 Å². The predicted octanol–water partition coefficient (Wildman–Crippen LogP) is 1.40. The van der Waals surface area contributed by atoms with E-state index in [9.17, 15) is 4.79 Å². The minimum atomic E-state index is 0.149. The smallest absolute Gasteiger partial charge is 0.248 e. The molecule has 1 N–H and O–H groups in total. The second kappa shape index (κ2) is 8.48. The second-order valence-corrected chi connectivity index (χ2v) is 4.70. The van der Waals surface area contributed by atoms with Crippen molar-refractivity contribution in [3.05, 3.63) is 0 Å². The first-order valence-corrected chi connectivity index (χ1v) is 6.80. The van der Waals surface area contributed by atoms with E-state index in [4.69, 9.17) is 4.74 Å². The summed E-state index contributed by atoms with van der Waals surface area (Å²) >= 11 is 0. The standard InChI is InChI=1S/C13H26N2O2/c1-3-4-5-10-17-11-13(16)15-8-6-12(14-2)7-9-15/h12,14H,3-11H2,1-2H3. The molecule has 1 aliphatic heterocycles. The molecule has 0 atom stereocenters. The lowest BCUT2D eigenvalue weighted by atomic mass is 10.1. The Hall–Kier alpha value is -0.610. The fourth-order valence-electron chi connectivity index (χ4n) is 2.12. The van der Waals surface area contributed by atoms with Crippen molar-refractivity contribution in [3.63, 3.8) is 0 Å². The van der Waals surface area contributed by atoms with Crippen molar-refractivity contribution >= 4 is 5.91 Å².